The second-order valence-corrected chi connectivity index (χ2v) is 5.41. The van der Waals surface area contributed by atoms with E-state index in [-0.39, 0.29) is 5.75 Å². The molecule has 4 nitrogen and oxygen atoms in total. The van der Waals surface area contributed by atoms with E-state index < -0.39 is 10.0 Å². The van der Waals surface area contributed by atoms with Crippen LogP contribution in [0, 0.1) is 5.92 Å². The molecule has 0 unspecified atom stereocenters. The van der Waals surface area contributed by atoms with Gasteiger partial charge in [-0.1, -0.05) is 0 Å². The third kappa shape index (κ3) is 4.06. The fourth-order valence-corrected chi connectivity index (χ4v) is 2.31. The zero-order chi connectivity index (χ0) is 9.73. The molecule has 1 heterocycles. The monoisotopic (exact) mass is 207 g/mol. The number of nitrogens with one attached hydrogen (secondary N) is 1. The molecule has 1 aliphatic heterocycles. The zero-order valence-electron chi connectivity index (χ0n) is 7.95. The van der Waals surface area contributed by atoms with E-state index in [1.807, 2.05) is 0 Å². The molecule has 1 saturated heterocycles. The fraction of sp³-hybridized carbons (Fsp3) is 1.00. The molecule has 0 aliphatic carbocycles. The van der Waals surface area contributed by atoms with Crippen molar-refractivity contribution in [3.8, 4) is 0 Å². The fourth-order valence-electron chi connectivity index (χ4n) is 1.46. The van der Waals surface area contributed by atoms with Crippen LogP contribution in [0.1, 0.15) is 19.3 Å². The Kier molecular flexibility index (Phi) is 4.15. The first-order chi connectivity index (χ1) is 6.14. The Morgan fingerprint density at radius 3 is 2.54 bits per heavy atom. The highest BCUT2D eigenvalue weighted by atomic mass is 32.2. The summed E-state index contributed by atoms with van der Waals surface area (Å²) in [5.74, 6) is 0.769. The Morgan fingerprint density at radius 2 is 2.00 bits per heavy atom. The average Bonchev–Trinajstić information content (AvgIpc) is 2.17. The predicted molar refractivity (Wildman–Crippen MR) is 51.0 cm³/mol. The molecular formula is C8H17NO3S. The van der Waals surface area contributed by atoms with Gasteiger partial charge in [-0.15, -0.1) is 0 Å². The van der Waals surface area contributed by atoms with Crippen molar-refractivity contribution in [2.45, 2.75) is 19.3 Å². The van der Waals surface area contributed by atoms with Gasteiger partial charge < -0.3 is 4.74 Å². The minimum atomic E-state index is -3.01. The summed E-state index contributed by atoms with van der Waals surface area (Å²) < 4.78 is 29.7. The van der Waals surface area contributed by atoms with Gasteiger partial charge in [-0.25, -0.2) is 13.1 Å². The van der Waals surface area contributed by atoms with Crippen LogP contribution in [0.15, 0.2) is 0 Å². The third-order valence-corrected chi connectivity index (χ3v) is 3.84. The highest BCUT2D eigenvalue weighted by Crippen LogP contribution is 2.18. The molecule has 1 aliphatic rings. The van der Waals surface area contributed by atoms with Crippen molar-refractivity contribution in [2.75, 3.05) is 26.0 Å². The van der Waals surface area contributed by atoms with Crippen LogP contribution in [-0.4, -0.2) is 34.4 Å². The predicted octanol–water partition coefficient (Wildman–Crippen LogP) is 0.352. The molecule has 0 aromatic rings. The topological polar surface area (TPSA) is 55.4 Å². The van der Waals surface area contributed by atoms with Crippen LogP contribution in [0.4, 0.5) is 0 Å². The average molecular weight is 207 g/mol. The summed E-state index contributed by atoms with van der Waals surface area (Å²) in [4.78, 5) is 0. The lowest BCUT2D eigenvalue weighted by molar-refractivity contribution is 0.0655. The van der Waals surface area contributed by atoms with Crippen molar-refractivity contribution in [1.82, 2.24) is 4.72 Å². The SMILES string of the molecule is CNS(=O)(=O)CCC1CCOCC1. The molecule has 0 bridgehead atoms. The van der Waals surface area contributed by atoms with E-state index >= 15 is 0 Å². The van der Waals surface area contributed by atoms with E-state index in [4.69, 9.17) is 4.74 Å². The van der Waals surface area contributed by atoms with Crippen LogP contribution in [0.25, 0.3) is 0 Å². The van der Waals surface area contributed by atoms with Crippen molar-refractivity contribution < 1.29 is 13.2 Å². The van der Waals surface area contributed by atoms with Gasteiger partial charge >= 0.3 is 0 Å². The zero-order valence-corrected chi connectivity index (χ0v) is 8.77. The number of hydrogen-bond acceptors (Lipinski definition) is 3. The first kappa shape index (κ1) is 10.9. The van der Waals surface area contributed by atoms with Gasteiger partial charge in [0.25, 0.3) is 0 Å². The molecule has 78 valence electrons. The molecular weight excluding hydrogens is 190 g/mol. The Hall–Kier alpha value is -0.130. The lowest BCUT2D eigenvalue weighted by atomic mass is 9.98. The quantitative estimate of drug-likeness (QED) is 0.724. The van der Waals surface area contributed by atoms with Crippen LogP contribution in [0.5, 0.6) is 0 Å². The second kappa shape index (κ2) is 4.93. The Balaban J connectivity index is 2.25. The van der Waals surface area contributed by atoms with E-state index in [0.29, 0.717) is 5.92 Å². The summed E-state index contributed by atoms with van der Waals surface area (Å²) >= 11 is 0. The van der Waals surface area contributed by atoms with E-state index in [0.717, 1.165) is 32.5 Å². The van der Waals surface area contributed by atoms with Crippen molar-refractivity contribution in [1.29, 1.82) is 0 Å². The van der Waals surface area contributed by atoms with E-state index in [9.17, 15) is 8.42 Å². The van der Waals surface area contributed by atoms with Gasteiger partial charge in [0.2, 0.25) is 10.0 Å². The normalized spacial score (nSPS) is 20.4. The largest absolute Gasteiger partial charge is 0.381 e. The van der Waals surface area contributed by atoms with E-state index in [2.05, 4.69) is 4.72 Å². The number of sulfonamides is 1. The molecule has 0 radical (unpaired) electrons. The molecule has 0 spiro atoms. The smallest absolute Gasteiger partial charge is 0.211 e. The second-order valence-electron chi connectivity index (χ2n) is 3.37. The van der Waals surface area contributed by atoms with Gasteiger partial charge in [-0.3, -0.25) is 0 Å². The molecule has 0 aromatic carbocycles. The van der Waals surface area contributed by atoms with Gasteiger partial charge in [0, 0.05) is 13.2 Å². The van der Waals surface area contributed by atoms with E-state index in [1.165, 1.54) is 7.05 Å². The van der Waals surface area contributed by atoms with Crippen LogP contribution >= 0.6 is 0 Å². The Bertz CT molecular complexity index is 232. The molecule has 0 amide bonds. The van der Waals surface area contributed by atoms with Crippen LogP contribution < -0.4 is 4.72 Å². The Morgan fingerprint density at radius 1 is 1.38 bits per heavy atom. The van der Waals surface area contributed by atoms with Crippen molar-refractivity contribution >= 4 is 10.0 Å². The maximum absolute atomic E-state index is 11.1. The molecule has 5 heteroatoms. The maximum atomic E-state index is 11.1. The van der Waals surface area contributed by atoms with Crippen LogP contribution in [0.2, 0.25) is 0 Å². The van der Waals surface area contributed by atoms with Crippen LogP contribution in [0.3, 0.4) is 0 Å². The summed E-state index contributed by atoms with van der Waals surface area (Å²) in [5, 5.41) is 0. The Labute approximate surface area is 79.7 Å². The van der Waals surface area contributed by atoms with Crippen molar-refractivity contribution in [2.24, 2.45) is 5.92 Å². The van der Waals surface area contributed by atoms with Gasteiger partial charge in [0.15, 0.2) is 0 Å². The molecule has 13 heavy (non-hydrogen) atoms. The summed E-state index contributed by atoms with van der Waals surface area (Å²) in [6, 6.07) is 0. The summed E-state index contributed by atoms with van der Waals surface area (Å²) in [6.07, 6.45) is 2.75. The molecule has 0 atom stereocenters. The molecule has 0 aromatic heterocycles. The molecule has 1 fully saturated rings. The maximum Gasteiger partial charge on any atom is 0.211 e. The summed E-state index contributed by atoms with van der Waals surface area (Å²) in [5.41, 5.74) is 0. The highest BCUT2D eigenvalue weighted by Gasteiger charge is 2.16. The first-order valence-corrected chi connectivity index (χ1v) is 6.28. The van der Waals surface area contributed by atoms with Gasteiger partial charge in [0.05, 0.1) is 5.75 Å². The summed E-state index contributed by atoms with van der Waals surface area (Å²) in [7, 11) is -1.55. The number of hydrogen-bond donors (Lipinski definition) is 1. The molecule has 1 N–H and O–H groups in total. The highest BCUT2D eigenvalue weighted by molar-refractivity contribution is 7.89. The van der Waals surface area contributed by atoms with Gasteiger partial charge in [-0.2, -0.15) is 0 Å². The van der Waals surface area contributed by atoms with Crippen LogP contribution in [-0.2, 0) is 14.8 Å². The van der Waals surface area contributed by atoms with Crippen molar-refractivity contribution in [3.63, 3.8) is 0 Å². The third-order valence-electron chi connectivity index (χ3n) is 2.45. The lowest BCUT2D eigenvalue weighted by Gasteiger charge is -2.21. The number of ether oxygens (including phenoxy) is 1. The van der Waals surface area contributed by atoms with E-state index in [1.54, 1.807) is 0 Å². The summed E-state index contributed by atoms with van der Waals surface area (Å²) in [6.45, 7) is 1.56. The van der Waals surface area contributed by atoms with Crippen molar-refractivity contribution in [3.05, 3.63) is 0 Å². The standard InChI is InChI=1S/C8H17NO3S/c1-9-13(10,11)7-4-8-2-5-12-6-3-8/h8-9H,2-7H2,1H3. The molecule has 1 rings (SSSR count). The first-order valence-electron chi connectivity index (χ1n) is 4.63. The minimum absolute atomic E-state index is 0.244. The lowest BCUT2D eigenvalue weighted by Crippen LogP contribution is -2.25. The molecule has 0 saturated carbocycles. The minimum Gasteiger partial charge on any atom is -0.381 e. The van der Waals surface area contributed by atoms with Gasteiger partial charge in [-0.05, 0) is 32.2 Å². The number of rotatable bonds is 4. The van der Waals surface area contributed by atoms with Gasteiger partial charge in [0.1, 0.15) is 0 Å².